The van der Waals surface area contributed by atoms with Gasteiger partial charge >= 0.3 is 0 Å². The molecule has 1 fully saturated rings. The van der Waals surface area contributed by atoms with Crippen molar-refractivity contribution in [2.75, 3.05) is 29.9 Å². The molecule has 0 radical (unpaired) electrons. The average Bonchev–Trinajstić information content (AvgIpc) is 2.64. The molecule has 2 aromatic carbocycles. The van der Waals surface area contributed by atoms with Crippen molar-refractivity contribution in [1.82, 2.24) is 0 Å². The smallest absolute Gasteiger partial charge is 0.227 e. The van der Waals surface area contributed by atoms with Crippen molar-refractivity contribution in [3.63, 3.8) is 0 Å². The van der Waals surface area contributed by atoms with Gasteiger partial charge in [-0.25, -0.2) is 4.39 Å². The van der Waals surface area contributed by atoms with Crippen LogP contribution in [0.3, 0.4) is 0 Å². The Kier molecular flexibility index (Phi) is 5.53. The van der Waals surface area contributed by atoms with Crippen LogP contribution < -0.4 is 15.0 Å². The van der Waals surface area contributed by atoms with Crippen LogP contribution in [0.5, 0.6) is 5.75 Å². The Bertz CT molecular complexity index is 710. The normalized spacial score (nSPS) is 15.0. The second kappa shape index (κ2) is 8.01. The zero-order valence-corrected chi connectivity index (χ0v) is 14.4. The predicted molar refractivity (Wildman–Crippen MR) is 97.6 cm³/mol. The third-order valence-corrected chi connectivity index (χ3v) is 4.49. The van der Waals surface area contributed by atoms with Crippen molar-refractivity contribution >= 4 is 17.3 Å². The zero-order chi connectivity index (χ0) is 17.6. The largest absolute Gasteiger partial charge is 0.494 e. The van der Waals surface area contributed by atoms with Gasteiger partial charge in [-0.2, -0.15) is 0 Å². The van der Waals surface area contributed by atoms with Gasteiger partial charge in [-0.05, 0) is 56.2 Å². The van der Waals surface area contributed by atoms with Gasteiger partial charge in [0.15, 0.2) is 0 Å². The first-order valence-electron chi connectivity index (χ1n) is 8.70. The highest BCUT2D eigenvalue weighted by atomic mass is 19.1. The van der Waals surface area contributed by atoms with E-state index in [1.807, 2.05) is 42.2 Å². The lowest BCUT2D eigenvalue weighted by molar-refractivity contribution is -0.120. The molecule has 5 heteroatoms. The number of ether oxygens (including phenoxy) is 1. The van der Waals surface area contributed by atoms with Crippen molar-refractivity contribution in [2.45, 2.75) is 19.8 Å². The molecule has 25 heavy (non-hydrogen) atoms. The highest BCUT2D eigenvalue weighted by molar-refractivity contribution is 5.92. The minimum Gasteiger partial charge on any atom is -0.494 e. The van der Waals surface area contributed by atoms with Gasteiger partial charge in [0, 0.05) is 24.7 Å². The molecule has 1 saturated heterocycles. The summed E-state index contributed by atoms with van der Waals surface area (Å²) in [5, 5.41) is 2.96. The summed E-state index contributed by atoms with van der Waals surface area (Å²) in [6.07, 6.45) is 1.44. The molecule has 132 valence electrons. The topological polar surface area (TPSA) is 41.6 Å². The number of hydrogen-bond donors (Lipinski definition) is 1. The highest BCUT2D eigenvalue weighted by Crippen LogP contribution is 2.26. The Morgan fingerprint density at radius 2 is 1.84 bits per heavy atom. The van der Waals surface area contributed by atoms with Crippen molar-refractivity contribution < 1.29 is 13.9 Å². The maximum Gasteiger partial charge on any atom is 0.227 e. The van der Waals surface area contributed by atoms with E-state index < -0.39 is 0 Å². The van der Waals surface area contributed by atoms with E-state index in [0.717, 1.165) is 24.3 Å². The standard InChI is InChI=1S/C20H23FN2O2/c1-2-25-17-9-7-16(8-10-17)22-20(24)15-11-13-23(14-12-15)19-6-4-3-5-18(19)21/h3-10,15H,2,11-14H2,1H3,(H,22,24). The first-order chi connectivity index (χ1) is 12.2. The molecule has 1 aliphatic heterocycles. The molecule has 0 aromatic heterocycles. The summed E-state index contributed by atoms with van der Waals surface area (Å²) < 4.78 is 19.3. The van der Waals surface area contributed by atoms with Gasteiger partial charge in [0.25, 0.3) is 0 Å². The highest BCUT2D eigenvalue weighted by Gasteiger charge is 2.26. The van der Waals surface area contributed by atoms with Gasteiger partial charge < -0.3 is 15.0 Å². The number of carbonyl (C=O) groups is 1. The van der Waals surface area contributed by atoms with E-state index in [4.69, 9.17) is 4.74 Å². The molecule has 3 rings (SSSR count). The molecule has 0 saturated carbocycles. The number of carbonyl (C=O) groups excluding carboxylic acids is 1. The number of nitrogens with zero attached hydrogens (tertiary/aromatic N) is 1. The molecule has 1 amide bonds. The molecular weight excluding hydrogens is 319 g/mol. The number of anilines is 2. The minimum atomic E-state index is -0.209. The van der Waals surface area contributed by atoms with E-state index in [2.05, 4.69) is 5.32 Å². The minimum absolute atomic E-state index is 0.0253. The quantitative estimate of drug-likeness (QED) is 0.890. The van der Waals surface area contributed by atoms with Crippen LogP contribution in [-0.2, 0) is 4.79 Å². The van der Waals surface area contributed by atoms with Gasteiger partial charge in [0.2, 0.25) is 5.91 Å². The second-order valence-corrected chi connectivity index (χ2v) is 6.16. The van der Waals surface area contributed by atoms with E-state index >= 15 is 0 Å². The number of rotatable bonds is 5. The third kappa shape index (κ3) is 4.29. The molecule has 0 spiro atoms. The molecule has 0 unspecified atom stereocenters. The predicted octanol–water partition coefficient (Wildman–Crippen LogP) is 4.08. The fourth-order valence-corrected chi connectivity index (χ4v) is 3.14. The lowest BCUT2D eigenvalue weighted by atomic mass is 9.95. The van der Waals surface area contributed by atoms with E-state index in [0.29, 0.717) is 25.4 Å². The third-order valence-electron chi connectivity index (χ3n) is 4.49. The van der Waals surface area contributed by atoms with E-state index in [1.165, 1.54) is 6.07 Å². The molecule has 4 nitrogen and oxygen atoms in total. The summed E-state index contributed by atoms with van der Waals surface area (Å²) in [5.74, 6) is 0.561. The Hall–Kier alpha value is -2.56. The summed E-state index contributed by atoms with van der Waals surface area (Å²) >= 11 is 0. The summed E-state index contributed by atoms with van der Waals surface area (Å²) in [4.78, 5) is 14.5. The molecule has 1 aliphatic rings. The monoisotopic (exact) mass is 342 g/mol. The van der Waals surface area contributed by atoms with E-state index in [1.54, 1.807) is 12.1 Å². The lowest BCUT2D eigenvalue weighted by Crippen LogP contribution is -2.38. The molecule has 0 bridgehead atoms. The lowest BCUT2D eigenvalue weighted by Gasteiger charge is -2.33. The molecular formula is C20H23FN2O2. The van der Waals surface area contributed by atoms with E-state index in [-0.39, 0.29) is 17.6 Å². The first-order valence-corrected chi connectivity index (χ1v) is 8.70. The number of piperidine rings is 1. The van der Waals surface area contributed by atoms with Gasteiger partial charge in [0.1, 0.15) is 11.6 Å². The summed E-state index contributed by atoms with van der Waals surface area (Å²) in [5.41, 5.74) is 1.39. The average molecular weight is 342 g/mol. The van der Waals surface area contributed by atoms with Crippen LogP contribution in [0.1, 0.15) is 19.8 Å². The number of hydrogen-bond acceptors (Lipinski definition) is 3. The van der Waals surface area contributed by atoms with Crippen LogP contribution >= 0.6 is 0 Å². The number of nitrogens with one attached hydrogen (secondary N) is 1. The summed E-state index contributed by atoms with van der Waals surface area (Å²) in [7, 11) is 0. The van der Waals surface area contributed by atoms with Gasteiger partial charge in [0.05, 0.1) is 12.3 Å². The summed E-state index contributed by atoms with van der Waals surface area (Å²) in [6.45, 7) is 3.92. The first kappa shape index (κ1) is 17.3. The molecule has 0 aliphatic carbocycles. The van der Waals surface area contributed by atoms with Crippen molar-refractivity contribution in [3.8, 4) is 5.75 Å². The number of amides is 1. The van der Waals surface area contributed by atoms with Crippen LogP contribution in [-0.4, -0.2) is 25.6 Å². The Morgan fingerprint density at radius 1 is 1.16 bits per heavy atom. The SMILES string of the molecule is CCOc1ccc(NC(=O)C2CCN(c3ccccc3F)CC2)cc1. The zero-order valence-electron chi connectivity index (χ0n) is 14.4. The number of halogens is 1. The maximum absolute atomic E-state index is 13.9. The molecule has 1 N–H and O–H groups in total. The molecule has 1 heterocycles. The van der Waals surface area contributed by atoms with Crippen molar-refractivity contribution in [1.29, 1.82) is 0 Å². The van der Waals surface area contributed by atoms with Crippen LogP contribution in [0.2, 0.25) is 0 Å². The Labute approximate surface area is 147 Å². The Balaban J connectivity index is 1.54. The fourth-order valence-electron chi connectivity index (χ4n) is 3.14. The van der Waals surface area contributed by atoms with Crippen LogP contribution in [0.4, 0.5) is 15.8 Å². The fraction of sp³-hybridized carbons (Fsp3) is 0.350. The van der Waals surface area contributed by atoms with Crippen molar-refractivity contribution in [3.05, 3.63) is 54.3 Å². The number of benzene rings is 2. The number of para-hydroxylation sites is 1. The van der Waals surface area contributed by atoms with Gasteiger partial charge in [-0.1, -0.05) is 12.1 Å². The van der Waals surface area contributed by atoms with Crippen molar-refractivity contribution in [2.24, 2.45) is 5.92 Å². The van der Waals surface area contributed by atoms with E-state index in [9.17, 15) is 9.18 Å². The van der Waals surface area contributed by atoms with Crippen LogP contribution in [0.15, 0.2) is 48.5 Å². The molecule has 2 aromatic rings. The van der Waals surface area contributed by atoms with Gasteiger partial charge in [-0.3, -0.25) is 4.79 Å². The van der Waals surface area contributed by atoms with Crippen LogP contribution in [0.25, 0.3) is 0 Å². The van der Waals surface area contributed by atoms with Crippen LogP contribution in [0, 0.1) is 11.7 Å². The Morgan fingerprint density at radius 3 is 2.48 bits per heavy atom. The maximum atomic E-state index is 13.9. The summed E-state index contributed by atoms with van der Waals surface area (Å²) in [6, 6.07) is 14.2. The van der Waals surface area contributed by atoms with Gasteiger partial charge in [-0.15, -0.1) is 0 Å². The molecule has 0 atom stereocenters. The second-order valence-electron chi connectivity index (χ2n) is 6.16.